The van der Waals surface area contributed by atoms with Gasteiger partial charge in [0, 0.05) is 15.8 Å². The van der Waals surface area contributed by atoms with Gasteiger partial charge in [-0.15, -0.1) is 11.3 Å². The molecule has 11 heavy (non-hydrogen) atoms. The summed E-state index contributed by atoms with van der Waals surface area (Å²) in [6.45, 7) is 2.11. The first-order valence-corrected chi connectivity index (χ1v) is 5.15. The number of hydrogen-bond donors (Lipinski definition) is 0. The molecule has 0 spiro atoms. The van der Waals surface area contributed by atoms with Crippen molar-refractivity contribution >= 4 is 33.6 Å². The number of halogens is 1. The summed E-state index contributed by atoms with van der Waals surface area (Å²) in [4.78, 5) is 11.3. The van der Waals surface area contributed by atoms with E-state index in [1.165, 1.54) is 5.56 Å². The minimum Gasteiger partial charge on any atom is -0.303 e. The van der Waals surface area contributed by atoms with E-state index < -0.39 is 0 Å². The SMILES string of the molecule is CCc1csc(CC=O)c1Br. The molecule has 1 rings (SSSR count). The maximum atomic E-state index is 10.2. The van der Waals surface area contributed by atoms with Crippen molar-refractivity contribution in [2.75, 3.05) is 0 Å². The number of aryl methyl sites for hydroxylation is 1. The summed E-state index contributed by atoms with van der Waals surface area (Å²) in [6.07, 6.45) is 2.50. The minimum absolute atomic E-state index is 0.533. The Morgan fingerprint density at radius 1 is 1.73 bits per heavy atom. The molecule has 0 radical (unpaired) electrons. The Morgan fingerprint density at radius 3 is 2.91 bits per heavy atom. The molecule has 0 amide bonds. The normalized spacial score (nSPS) is 10.0. The smallest absolute Gasteiger partial charge is 0.125 e. The Hall–Kier alpha value is -0.150. The molecular formula is C8H9BrOS. The molecule has 0 aliphatic carbocycles. The van der Waals surface area contributed by atoms with E-state index in [9.17, 15) is 4.79 Å². The van der Waals surface area contributed by atoms with Gasteiger partial charge in [-0.25, -0.2) is 0 Å². The third kappa shape index (κ3) is 1.91. The first-order chi connectivity index (χ1) is 5.29. The standard InChI is InChI=1S/C8H9BrOS/c1-2-6-5-11-7(3-4-10)8(6)9/h4-5H,2-3H2,1H3. The summed E-state index contributed by atoms with van der Waals surface area (Å²) in [7, 11) is 0. The molecule has 1 nitrogen and oxygen atoms in total. The Kier molecular flexibility index (Phi) is 3.27. The van der Waals surface area contributed by atoms with Crippen molar-refractivity contribution in [1.82, 2.24) is 0 Å². The quantitative estimate of drug-likeness (QED) is 0.733. The van der Waals surface area contributed by atoms with Gasteiger partial charge in [-0.3, -0.25) is 0 Å². The Balaban J connectivity index is 2.90. The van der Waals surface area contributed by atoms with Gasteiger partial charge in [-0.2, -0.15) is 0 Å². The van der Waals surface area contributed by atoms with Crippen LogP contribution in [0.25, 0.3) is 0 Å². The number of carbonyl (C=O) groups is 1. The van der Waals surface area contributed by atoms with Crippen LogP contribution in [0.2, 0.25) is 0 Å². The predicted octanol–water partition coefficient (Wildman–Crippen LogP) is 2.81. The fourth-order valence-electron chi connectivity index (χ4n) is 0.877. The van der Waals surface area contributed by atoms with E-state index in [1.54, 1.807) is 11.3 Å². The zero-order valence-corrected chi connectivity index (χ0v) is 8.67. The zero-order chi connectivity index (χ0) is 8.27. The maximum Gasteiger partial charge on any atom is 0.125 e. The Morgan fingerprint density at radius 2 is 2.45 bits per heavy atom. The molecule has 0 saturated heterocycles. The number of rotatable bonds is 3. The third-order valence-electron chi connectivity index (χ3n) is 1.52. The second-order valence-electron chi connectivity index (χ2n) is 2.22. The molecule has 0 bridgehead atoms. The second kappa shape index (κ2) is 4.02. The molecule has 0 N–H and O–H groups in total. The van der Waals surface area contributed by atoms with Gasteiger partial charge < -0.3 is 4.79 Å². The van der Waals surface area contributed by atoms with Gasteiger partial charge in [-0.05, 0) is 33.3 Å². The van der Waals surface area contributed by atoms with Crippen molar-refractivity contribution in [2.45, 2.75) is 19.8 Å². The summed E-state index contributed by atoms with van der Waals surface area (Å²) >= 11 is 5.11. The van der Waals surface area contributed by atoms with Crippen LogP contribution >= 0.6 is 27.3 Å². The molecular weight excluding hydrogens is 224 g/mol. The number of hydrogen-bond acceptors (Lipinski definition) is 2. The van der Waals surface area contributed by atoms with Crippen LogP contribution in [0.3, 0.4) is 0 Å². The van der Waals surface area contributed by atoms with Gasteiger partial charge >= 0.3 is 0 Å². The lowest BCUT2D eigenvalue weighted by atomic mass is 10.2. The van der Waals surface area contributed by atoms with Gasteiger partial charge in [-0.1, -0.05) is 6.92 Å². The molecule has 0 aliphatic heterocycles. The van der Waals surface area contributed by atoms with Crippen LogP contribution < -0.4 is 0 Å². The summed E-state index contributed by atoms with van der Waals surface area (Å²) in [5, 5.41) is 2.10. The molecule has 1 heterocycles. The van der Waals surface area contributed by atoms with Crippen LogP contribution in [0.4, 0.5) is 0 Å². The van der Waals surface area contributed by atoms with Gasteiger partial charge in [0.15, 0.2) is 0 Å². The van der Waals surface area contributed by atoms with E-state index >= 15 is 0 Å². The largest absolute Gasteiger partial charge is 0.303 e. The van der Waals surface area contributed by atoms with E-state index in [1.807, 2.05) is 0 Å². The number of carbonyl (C=O) groups excluding carboxylic acids is 1. The highest BCUT2D eigenvalue weighted by atomic mass is 79.9. The average molecular weight is 233 g/mol. The molecule has 0 aliphatic rings. The average Bonchev–Trinajstić information content (AvgIpc) is 2.34. The van der Waals surface area contributed by atoms with E-state index in [0.717, 1.165) is 22.1 Å². The third-order valence-corrected chi connectivity index (χ3v) is 3.83. The molecule has 0 unspecified atom stereocenters. The molecule has 1 aromatic rings. The van der Waals surface area contributed by atoms with E-state index in [0.29, 0.717) is 6.42 Å². The lowest BCUT2D eigenvalue weighted by Gasteiger charge is -1.92. The van der Waals surface area contributed by atoms with E-state index in [2.05, 4.69) is 28.2 Å². The van der Waals surface area contributed by atoms with Crippen molar-refractivity contribution in [2.24, 2.45) is 0 Å². The van der Waals surface area contributed by atoms with Gasteiger partial charge in [0.25, 0.3) is 0 Å². The van der Waals surface area contributed by atoms with Crippen LogP contribution in [0, 0.1) is 0 Å². The number of thiophene rings is 1. The maximum absolute atomic E-state index is 10.2. The second-order valence-corrected chi connectivity index (χ2v) is 3.98. The van der Waals surface area contributed by atoms with Crippen LogP contribution in [0.15, 0.2) is 9.85 Å². The fraction of sp³-hybridized carbons (Fsp3) is 0.375. The topological polar surface area (TPSA) is 17.1 Å². The van der Waals surface area contributed by atoms with E-state index in [4.69, 9.17) is 0 Å². The first kappa shape index (κ1) is 8.94. The molecule has 1 aromatic heterocycles. The Bertz CT molecular complexity index is 255. The van der Waals surface area contributed by atoms with Crippen molar-refractivity contribution < 1.29 is 4.79 Å². The molecule has 60 valence electrons. The van der Waals surface area contributed by atoms with Crippen LogP contribution in [-0.4, -0.2) is 6.29 Å². The zero-order valence-electron chi connectivity index (χ0n) is 6.26. The predicted molar refractivity (Wildman–Crippen MR) is 51.2 cm³/mol. The number of aldehydes is 1. The van der Waals surface area contributed by atoms with Gasteiger partial charge in [0.1, 0.15) is 6.29 Å². The van der Waals surface area contributed by atoms with Crippen molar-refractivity contribution in [3.05, 3.63) is 20.3 Å². The monoisotopic (exact) mass is 232 g/mol. The van der Waals surface area contributed by atoms with Crippen LogP contribution in [0.1, 0.15) is 17.4 Å². The summed E-state index contributed by atoms with van der Waals surface area (Å²) < 4.78 is 1.12. The van der Waals surface area contributed by atoms with Gasteiger partial charge in [0.05, 0.1) is 0 Å². The summed E-state index contributed by atoms with van der Waals surface area (Å²) in [5.74, 6) is 0. The van der Waals surface area contributed by atoms with Crippen molar-refractivity contribution in [3.8, 4) is 0 Å². The summed E-state index contributed by atoms with van der Waals surface area (Å²) in [6, 6.07) is 0. The molecule has 0 fully saturated rings. The van der Waals surface area contributed by atoms with Crippen LogP contribution in [0.5, 0.6) is 0 Å². The highest BCUT2D eigenvalue weighted by Gasteiger charge is 2.05. The lowest BCUT2D eigenvalue weighted by Crippen LogP contribution is -1.82. The molecule has 0 atom stereocenters. The highest BCUT2D eigenvalue weighted by molar-refractivity contribution is 9.10. The highest BCUT2D eigenvalue weighted by Crippen LogP contribution is 2.28. The van der Waals surface area contributed by atoms with Gasteiger partial charge in [0.2, 0.25) is 0 Å². The van der Waals surface area contributed by atoms with Crippen LogP contribution in [-0.2, 0) is 17.6 Å². The molecule has 0 aromatic carbocycles. The molecule has 0 saturated carbocycles. The molecule has 3 heteroatoms. The van der Waals surface area contributed by atoms with E-state index in [-0.39, 0.29) is 0 Å². The summed E-state index contributed by atoms with van der Waals surface area (Å²) in [5.41, 5.74) is 1.30. The fourth-order valence-corrected chi connectivity index (χ4v) is 2.83. The lowest BCUT2D eigenvalue weighted by molar-refractivity contribution is -0.107. The van der Waals surface area contributed by atoms with Crippen molar-refractivity contribution in [1.29, 1.82) is 0 Å². The Labute approximate surface area is 78.6 Å². The van der Waals surface area contributed by atoms with Crippen molar-refractivity contribution in [3.63, 3.8) is 0 Å². The first-order valence-electron chi connectivity index (χ1n) is 3.48. The minimum atomic E-state index is 0.533.